The van der Waals surface area contributed by atoms with E-state index in [2.05, 4.69) is 34.9 Å². The summed E-state index contributed by atoms with van der Waals surface area (Å²) in [5, 5.41) is 2.38. The fourth-order valence-electron chi connectivity index (χ4n) is 4.00. The van der Waals surface area contributed by atoms with Crippen LogP contribution in [0, 0.1) is 0 Å². The first-order valence-electron chi connectivity index (χ1n) is 10.5. The molecule has 32 heavy (non-hydrogen) atoms. The van der Waals surface area contributed by atoms with Crippen molar-refractivity contribution in [3.8, 4) is 0 Å². The van der Waals surface area contributed by atoms with E-state index < -0.39 is 10.0 Å². The second-order valence-corrected chi connectivity index (χ2v) is 9.90. The molecule has 4 aromatic carbocycles. The monoisotopic (exact) mass is 441 g/mol. The van der Waals surface area contributed by atoms with E-state index in [0.29, 0.717) is 12.4 Å². The first kappa shape index (κ1) is 20.4. The highest BCUT2D eigenvalue weighted by Gasteiger charge is 2.23. The molecule has 0 aliphatic heterocycles. The molecule has 0 fully saturated rings. The summed E-state index contributed by atoms with van der Waals surface area (Å²) in [6.07, 6.45) is 0. The van der Waals surface area contributed by atoms with E-state index in [-0.39, 0.29) is 11.4 Å². The molecule has 0 saturated carbocycles. The molecule has 5 nitrogen and oxygen atoms in total. The molecule has 0 N–H and O–H groups in total. The summed E-state index contributed by atoms with van der Waals surface area (Å²) >= 11 is 0. The van der Waals surface area contributed by atoms with Gasteiger partial charge in [0.05, 0.1) is 22.5 Å². The van der Waals surface area contributed by atoms with Gasteiger partial charge in [0.1, 0.15) is 5.82 Å². The number of para-hydroxylation sites is 2. The second-order valence-electron chi connectivity index (χ2n) is 7.86. The Labute approximate surface area is 187 Å². The van der Waals surface area contributed by atoms with Crippen LogP contribution in [-0.2, 0) is 23.1 Å². The molecule has 5 aromatic rings. The lowest BCUT2D eigenvalue weighted by Crippen LogP contribution is -2.28. The van der Waals surface area contributed by atoms with Gasteiger partial charge in [0.25, 0.3) is 0 Å². The van der Waals surface area contributed by atoms with Crippen molar-refractivity contribution in [3.63, 3.8) is 0 Å². The van der Waals surface area contributed by atoms with Gasteiger partial charge in [-0.1, -0.05) is 66.7 Å². The number of sulfonamides is 1. The van der Waals surface area contributed by atoms with Gasteiger partial charge in [0.2, 0.25) is 10.0 Å². The van der Waals surface area contributed by atoms with Crippen LogP contribution in [-0.4, -0.2) is 29.3 Å². The average molecular weight is 442 g/mol. The quantitative estimate of drug-likeness (QED) is 0.370. The van der Waals surface area contributed by atoms with Crippen molar-refractivity contribution in [1.82, 2.24) is 13.9 Å². The molecule has 0 saturated heterocycles. The smallest absolute Gasteiger partial charge is 0.243 e. The molecular weight excluding hydrogens is 418 g/mol. The van der Waals surface area contributed by atoms with Crippen molar-refractivity contribution >= 4 is 31.8 Å². The molecule has 0 atom stereocenters. The minimum atomic E-state index is -3.61. The van der Waals surface area contributed by atoms with Crippen LogP contribution in [0.5, 0.6) is 0 Å². The highest BCUT2D eigenvalue weighted by atomic mass is 32.2. The molecule has 0 amide bonds. The SMILES string of the molecule is CN(Cc1nc2ccccc2n1Cc1ccc2ccccc2c1)S(=O)(=O)c1ccccc1. The number of hydrogen-bond acceptors (Lipinski definition) is 3. The molecule has 1 aromatic heterocycles. The third kappa shape index (κ3) is 3.79. The van der Waals surface area contributed by atoms with Gasteiger partial charge in [0.15, 0.2) is 0 Å². The van der Waals surface area contributed by atoms with Crippen LogP contribution in [0.25, 0.3) is 21.8 Å². The largest absolute Gasteiger partial charge is 0.322 e. The minimum Gasteiger partial charge on any atom is -0.322 e. The van der Waals surface area contributed by atoms with Crippen LogP contribution in [0.1, 0.15) is 11.4 Å². The van der Waals surface area contributed by atoms with Gasteiger partial charge in [-0.15, -0.1) is 0 Å². The maximum atomic E-state index is 13.1. The number of benzene rings is 4. The fourth-order valence-corrected chi connectivity index (χ4v) is 5.15. The van der Waals surface area contributed by atoms with Crippen molar-refractivity contribution in [3.05, 3.63) is 108 Å². The van der Waals surface area contributed by atoms with Crippen molar-refractivity contribution in [2.24, 2.45) is 0 Å². The molecule has 0 bridgehead atoms. The molecule has 0 aliphatic rings. The zero-order valence-corrected chi connectivity index (χ0v) is 18.5. The van der Waals surface area contributed by atoms with E-state index in [0.717, 1.165) is 16.6 Å². The van der Waals surface area contributed by atoms with Crippen LogP contribution < -0.4 is 0 Å². The zero-order valence-electron chi connectivity index (χ0n) is 17.7. The third-order valence-corrected chi connectivity index (χ3v) is 7.52. The van der Waals surface area contributed by atoms with Crippen LogP contribution >= 0.6 is 0 Å². The van der Waals surface area contributed by atoms with E-state index in [9.17, 15) is 8.42 Å². The average Bonchev–Trinajstić information content (AvgIpc) is 3.16. The van der Waals surface area contributed by atoms with Gasteiger partial charge in [-0.05, 0) is 46.7 Å². The predicted molar refractivity (Wildman–Crippen MR) is 128 cm³/mol. The lowest BCUT2D eigenvalue weighted by atomic mass is 10.1. The standard InChI is InChI=1S/C26H23N3O2S/c1-28(32(30,31)23-11-3-2-4-12-23)19-26-27-24-13-7-8-14-25(24)29(26)18-20-15-16-21-9-5-6-10-22(21)17-20/h2-17H,18-19H2,1H3. The van der Waals surface area contributed by atoms with Gasteiger partial charge in [-0.25, -0.2) is 13.4 Å². The minimum absolute atomic E-state index is 0.180. The Hall–Kier alpha value is -3.48. The molecule has 0 radical (unpaired) electrons. The van der Waals surface area contributed by atoms with E-state index in [4.69, 9.17) is 4.98 Å². The van der Waals surface area contributed by atoms with Gasteiger partial charge in [-0.3, -0.25) is 0 Å². The second kappa shape index (κ2) is 8.22. The lowest BCUT2D eigenvalue weighted by molar-refractivity contribution is 0.450. The third-order valence-electron chi connectivity index (χ3n) is 5.70. The molecule has 0 unspecified atom stereocenters. The molecule has 0 spiro atoms. The van der Waals surface area contributed by atoms with E-state index in [1.54, 1.807) is 31.3 Å². The van der Waals surface area contributed by atoms with Crippen molar-refractivity contribution < 1.29 is 8.42 Å². The lowest BCUT2D eigenvalue weighted by Gasteiger charge is -2.18. The summed E-state index contributed by atoms with van der Waals surface area (Å²) in [6.45, 7) is 0.791. The number of hydrogen-bond donors (Lipinski definition) is 0. The Morgan fingerprint density at radius 3 is 2.31 bits per heavy atom. The van der Waals surface area contributed by atoms with Crippen LogP contribution in [0.4, 0.5) is 0 Å². The molecule has 1 heterocycles. The molecule has 6 heteroatoms. The van der Waals surface area contributed by atoms with Crippen molar-refractivity contribution in [2.75, 3.05) is 7.05 Å². The van der Waals surface area contributed by atoms with E-state index in [1.807, 2.05) is 42.5 Å². The fraction of sp³-hybridized carbons (Fsp3) is 0.115. The normalized spacial score (nSPS) is 12.1. The summed E-state index contributed by atoms with van der Waals surface area (Å²) in [6, 6.07) is 31.1. The number of rotatable bonds is 6. The predicted octanol–water partition coefficient (Wildman–Crippen LogP) is 5.06. The maximum Gasteiger partial charge on any atom is 0.243 e. The van der Waals surface area contributed by atoms with E-state index in [1.165, 1.54) is 15.1 Å². The van der Waals surface area contributed by atoms with Crippen molar-refractivity contribution in [2.45, 2.75) is 18.0 Å². The molecular formula is C26H23N3O2S. The van der Waals surface area contributed by atoms with Crippen LogP contribution in [0.15, 0.2) is 102 Å². The summed E-state index contributed by atoms with van der Waals surface area (Å²) < 4.78 is 29.6. The highest BCUT2D eigenvalue weighted by Crippen LogP contribution is 2.23. The van der Waals surface area contributed by atoms with Gasteiger partial charge < -0.3 is 4.57 Å². The Kier molecular flexibility index (Phi) is 5.25. The zero-order chi connectivity index (χ0) is 22.1. The van der Waals surface area contributed by atoms with Crippen molar-refractivity contribution in [1.29, 1.82) is 0 Å². The van der Waals surface area contributed by atoms with E-state index >= 15 is 0 Å². The molecule has 5 rings (SSSR count). The Balaban J connectivity index is 1.53. The summed E-state index contributed by atoms with van der Waals surface area (Å²) in [4.78, 5) is 5.05. The van der Waals surface area contributed by atoms with Crippen LogP contribution in [0.3, 0.4) is 0 Å². The molecule has 160 valence electrons. The summed E-state index contributed by atoms with van der Waals surface area (Å²) in [7, 11) is -2.01. The Bertz CT molecular complexity index is 1510. The maximum absolute atomic E-state index is 13.1. The Morgan fingerprint density at radius 1 is 0.812 bits per heavy atom. The van der Waals surface area contributed by atoms with Gasteiger partial charge in [0, 0.05) is 13.6 Å². The highest BCUT2D eigenvalue weighted by molar-refractivity contribution is 7.89. The van der Waals surface area contributed by atoms with Gasteiger partial charge in [-0.2, -0.15) is 4.31 Å². The van der Waals surface area contributed by atoms with Gasteiger partial charge >= 0.3 is 0 Å². The number of nitrogens with zero attached hydrogens (tertiary/aromatic N) is 3. The first-order chi connectivity index (χ1) is 15.5. The first-order valence-corrected chi connectivity index (χ1v) is 11.9. The summed E-state index contributed by atoms with van der Waals surface area (Å²) in [5.41, 5.74) is 2.98. The van der Waals surface area contributed by atoms with Crippen LogP contribution in [0.2, 0.25) is 0 Å². The number of imidazole rings is 1. The molecule has 0 aliphatic carbocycles. The number of aromatic nitrogens is 2. The summed E-state index contributed by atoms with van der Waals surface area (Å²) in [5.74, 6) is 0.710. The Morgan fingerprint density at radius 2 is 1.50 bits per heavy atom. The topological polar surface area (TPSA) is 55.2 Å². The number of fused-ring (bicyclic) bond motifs is 2.